The normalized spacial score (nSPS) is 10.7. The maximum absolute atomic E-state index is 9.37. The third kappa shape index (κ3) is 2.26. The fraction of sp³-hybridized carbons (Fsp3) is 0. The standard InChI is InChI=1S/C19H14N6/c20-11-14-16(21)15-17(12-7-3-1-4-8-12)24-25(19(15)23-18(14)22)13-9-5-2-6-10-13/h1-10H,(H4,21,22,23). The lowest BCUT2D eigenvalue weighted by Crippen LogP contribution is -2.03. The number of hydrogen-bond acceptors (Lipinski definition) is 5. The number of nitrogens with two attached hydrogens (primary N) is 2. The van der Waals surface area contributed by atoms with E-state index in [1.54, 1.807) is 4.68 Å². The molecule has 4 aromatic rings. The Bertz CT molecular complexity index is 1110. The molecule has 0 radical (unpaired) electrons. The molecule has 0 aliphatic carbocycles. The van der Waals surface area contributed by atoms with Crippen molar-refractivity contribution in [3.8, 4) is 23.0 Å². The number of hydrogen-bond donors (Lipinski definition) is 2. The molecule has 0 amide bonds. The van der Waals surface area contributed by atoms with Gasteiger partial charge in [0.1, 0.15) is 23.1 Å². The van der Waals surface area contributed by atoms with Crippen LogP contribution in [0.25, 0.3) is 28.0 Å². The third-order valence-corrected chi connectivity index (χ3v) is 4.04. The van der Waals surface area contributed by atoms with Gasteiger partial charge in [0.15, 0.2) is 5.65 Å². The summed E-state index contributed by atoms with van der Waals surface area (Å²) in [5.74, 6) is 0.101. The van der Waals surface area contributed by atoms with Crippen LogP contribution in [-0.2, 0) is 0 Å². The van der Waals surface area contributed by atoms with Gasteiger partial charge in [0.05, 0.1) is 16.8 Å². The van der Waals surface area contributed by atoms with Gasteiger partial charge in [0, 0.05) is 5.56 Å². The van der Waals surface area contributed by atoms with E-state index in [0.717, 1.165) is 11.3 Å². The molecule has 0 saturated carbocycles. The Morgan fingerprint density at radius 1 is 0.920 bits per heavy atom. The molecule has 0 atom stereocenters. The molecule has 2 aromatic heterocycles. The summed E-state index contributed by atoms with van der Waals surface area (Å²) in [4.78, 5) is 4.41. The Balaban J connectivity index is 2.14. The number of pyridine rings is 1. The van der Waals surface area contributed by atoms with E-state index in [9.17, 15) is 5.26 Å². The summed E-state index contributed by atoms with van der Waals surface area (Å²) in [6.45, 7) is 0. The Morgan fingerprint density at radius 2 is 1.56 bits per heavy atom. The molecule has 4 rings (SSSR count). The number of benzene rings is 2. The largest absolute Gasteiger partial charge is 0.397 e. The average molecular weight is 326 g/mol. The molecular formula is C19H14N6. The van der Waals surface area contributed by atoms with E-state index >= 15 is 0 Å². The number of rotatable bonds is 2. The van der Waals surface area contributed by atoms with E-state index in [2.05, 4.69) is 4.98 Å². The first kappa shape index (κ1) is 14.7. The molecule has 0 aliphatic heterocycles. The Hall–Kier alpha value is -3.85. The minimum atomic E-state index is 0.101. The van der Waals surface area contributed by atoms with E-state index < -0.39 is 0 Å². The van der Waals surface area contributed by atoms with E-state index in [1.807, 2.05) is 66.7 Å². The SMILES string of the molecule is N#Cc1c(N)nc2c(c(-c3ccccc3)nn2-c2ccccc2)c1N. The van der Waals surface area contributed by atoms with Crippen LogP contribution in [0.15, 0.2) is 60.7 Å². The van der Waals surface area contributed by atoms with Gasteiger partial charge >= 0.3 is 0 Å². The molecule has 0 aliphatic rings. The zero-order chi connectivity index (χ0) is 17.4. The highest BCUT2D eigenvalue weighted by Crippen LogP contribution is 2.35. The van der Waals surface area contributed by atoms with E-state index in [1.165, 1.54) is 0 Å². The van der Waals surface area contributed by atoms with E-state index in [0.29, 0.717) is 22.4 Å². The summed E-state index contributed by atoms with van der Waals surface area (Å²) in [5, 5.41) is 14.7. The number of nitriles is 1. The molecule has 6 nitrogen and oxygen atoms in total. The van der Waals surface area contributed by atoms with Crippen LogP contribution in [-0.4, -0.2) is 14.8 Å². The van der Waals surface area contributed by atoms with Gasteiger partial charge in [-0.15, -0.1) is 0 Å². The first-order valence-electron chi connectivity index (χ1n) is 7.69. The molecule has 0 fully saturated rings. The predicted octanol–water partition coefficient (Wildman–Crippen LogP) is 3.12. The molecule has 2 heterocycles. The Morgan fingerprint density at radius 3 is 2.20 bits per heavy atom. The lowest BCUT2D eigenvalue weighted by molar-refractivity contribution is 0.902. The number of anilines is 2. The zero-order valence-electron chi connectivity index (χ0n) is 13.2. The van der Waals surface area contributed by atoms with Crippen molar-refractivity contribution in [3.05, 3.63) is 66.2 Å². The maximum atomic E-state index is 9.37. The first-order valence-corrected chi connectivity index (χ1v) is 7.69. The van der Waals surface area contributed by atoms with Gasteiger partial charge in [0.25, 0.3) is 0 Å². The molecule has 25 heavy (non-hydrogen) atoms. The highest BCUT2D eigenvalue weighted by molar-refractivity contribution is 6.03. The van der Waals surface area contributed by atoms with Crippen LogP contribution in [0.1, 0.15) is 5.56 Å². The number of nitrogen functional groups attached to an aromatic ring is 2. The second-order valence-corrected chi connectivity index (χ2v) is 5.56. The Labute approximate surface area is 143 Å². The highest BCUT2D eigenvalue weighted by atomic mass is 15.3. The van der Waals surface area contributed by atoms with Crippen molar-refractivity contribution in [2.75, 3.05) is 11.5 Å². The summed E-state index contributed by atoms with van der Waals surface area (Å²) in [6.07, 6.45) is 0. The lowest BCUT2D eigenvalue weighted by atomic mass is 10.1. The van der Waals surface area contributed by atoms with Crippen LogP contribution >= 0.6 is 0 Å². The van der Waals surface area contributed by atoms with Gasteiger partial charge in [-0.05, 0) is 12.1 Å². The minimum Gasteiger partial charge on any atom is -0.397 e. The van der Waals surface area contributed by atoms with Crippen LogP contribution < -0.4 is 11.5 Å². The number of nitrogens with zero attached hydrogens (tertiary/aromatic N) is 4. The highest BCUT2D eigenvalue weighted by Gasteiger charge is 2.21. The molecule has 4 N–H and O–H groups in total. The topological polar surface area (TPSA) is 107 Å². The zero-order valence-corrected chi connectivity index (χ0v) is 13.2. The van der Waals surface area contributed by atoms with Crippen LogP contribution in [0, 0.1) is 11.3 Å². The van der Waals surface area contributed by atoms with Crippen molar-refractivity contribution in [3.63, 3.8) is 0 Å². The van der Waals surface area contributed by atoms with E-state index in [4.69, 9.17) is 16.6 Å². The summed E-state index contributed by atoms with van der Waals surface area (Å²) < 4.78 is 1.70. The van der Waals surface area contributed by atoms with Gasteiger partial charge in [-0.3, -0.25) is 0 Å². The molecule has 6 heteroatoms. The van der Waals surface area contributed by atoms with Crippen LogP contribution in [0.3, 0.4) is 0 Å². The van der Waals surface area contributed by atoms with Crippen molar-refractivity contribution >= 4 is 22.5 Å². The third-order valence-electron chi connectivity index (χ3n) is 4.04. The van der Waals surface area contributed by atoms with Crippen molar-refractivity contribution in [1.29, 1.82) is 5.26 Å². The number of para-hydroxylation sites is 1. The predicted molar refractivity (Wildman–Crippen MR) is 97.8 cm³/mol. The summed E-state index contributed by atoms with van der Waals surface area (Å²) in [7, 11) is 0. The van der Waals surface area contributed by atoms with Crippen molar-refractivity contribution in [2.45, 2.75) is 0 Å². The van der Waals surface area contributed by atoms with Crippen LogP contribution in [0.2, 0.25) is 0 Å². The molecular weight excluding hydrogens is 312 g/mol. The fourth-order valence-electron chi connectivity index (χ4n) is 2.86. The monoisotopic (exact) mass is 326 g/mol. The molecule has 120 valence electrons. The maximum Gasteiger partial charge on any atom is 0.168 e. The van der Waals surface area contributed by atoms with Crippen molar-refractivity contribution < 1.29 is 0 Å². The smallest absolute Gasteiger partial charge is 0.168 e. The fourth-order valence-corrected chi connectivity index (χ4v) is 2.86. The van der Waals surface area contributed by atoms with Crippen molar-refractivity contribution in [2.24, 2.45) is 0 Å². The van der Waals surface area contributed by atoms with Crippen LogP contribution in [0.5, 0.6) is 0 Å². The number of aromatic nitrogens is 3. The second-order valence-electron chi connectivity index (χ2n) is 5.56. The minimum absolute atomic E-state index is 0.101. The summed E-state index contributed by atoms with van der Waals surface area (Å²) in [6, 6.07) is 21.3. The average Bonchev–Trinajstić information content (AvgIpc) is 3.03. The molecule has 2 aromatic carbocycles. The Kier molecular flexibility index (Phi) is 3.33. The van der Waals surface area contributed by atoms with E-state index in [-0.39, 0.29) is 11.4 Å². The van der Waals surface area contributed by atoms with Gasteiger partial charge in [-0.2, -0.15) is 10.4 Å². The molecule has 0 saturated heterocycles. The summed E-state index contributed by atoms with van der Waals surface area (Å²) in [5.41, 5.74) is 15.6. The van der Waals surface area contributed by atoms with Crippen molar-refractivity contribution in [1.82, 2.24) is 14.8 Å². The lowest BCUT2D eigenvalue weighted by Gasteiger charge is -2.06. The number of fused-ring (bicyclic) bond motifs is 1. The quantitative estimate of drug-likeness (QED) is 0.588. The summed E-state index contributed by atoms with van der Waals surface area (Å²) >= 11 is 0. The molecule has 0 bridgehead atoms. The second kappa shape index (κ2) is 5.65. The van der Waals surface area contributed by atoms with Gasteiger partial charge in [-0.25, -0.2) is 9.67 Å². The molecule has 0 spiro atoms. The first-order chi connectivity index (χ1) is 12.2. The van der Waals surface area contributed by atoms with Crippen LogP contribution in [0.4, 0.5) is 11.5 Å². The van der Waals surface area contributed by atoms with Gasteiger partial charge < -0.3 is 11.5 Å². The van der Waals surface area contributed by atoms with Gasteiger partial charge in [0.2, 0.25) is 0 Å². The molecule has 0 unspecified atom stereocenters. The van der Waals surface area contributed by atoms with Gasteiger partial charge in [-0.1, -0.05) is 48.5 Å².